The van der Waals surface area contributed by atoms with Crippen molar-refractivity contribution in [3.63, 3.8) is 0 Å². The van der Waals surface area contributed by atoms with Crippen molar-refractivity contribution in [1.82, 2.24) is 19.7 Å². The molecule has 0 aliphatic carbocycles. The molecule has 0 fully saturated rings. The molecule has 0 aromatic carbocycles. The van der Waals surface area contributed by atoms with Gasteiger partial charge in [0.25, 0.3) is 0 Å². The van der Waals surface area contributed by atoms with Gasteiger partial charge in [-0.15, -0.1) is 0 Å². The smallest absolute Gasteiger partial charge is 0.165 e. The fourth-order valence-electron chi connectivity index (χ4n) is 2.25. The second-order valence-corrected chi connectivity index (χ2v) is 5.38. The summed E-state index contributed by atoms with van der Waals surface area (Å²) in [6.45, 7) is 8.32. The van der Waals surface area contributed by atoms with Gasteiger partial charge in [0.15, 0.2) is 5.82 Å². The highest BCUT2D eigenvalue weighted by Crippen LogP contribution is 2.24. The molecular weight excluding hydrogens is 238 g/mol. The molecule has 0 saturated carbocycles. The molecule has 2 aromatic heterocycles. The molecular formula is C14H21N5. The molecule has 2 N–H and O–H groups in total. The molecule has 0 amide bonds. The number of rotatable bonds is 3. The second kappa shape index (κ2) is 4.99. The fraction of sp³-hybridized carbons (Fsp3) is 0.500. The van der Waals surface area contributed by atoms with Crippen molar-refractivity contribution in [2.24, 2.45) is 13.0 Å². The standard InChI is InChI=1S/C14H21N5/c1-8(2)6-11-7-12(15)17-14(16-11)13-9(3)18-19(5)10(13)4/h7-8H,6H2,1-5H3,(H2,15,16,17). The molecule has 0 radical (unpaired) electrons. The topological polar surface area (TPSA) is 69.6 Å². The summed E-state index contributed by atoms with van der Waals surface area (Å²) in [5.41, 5.74) is 9.86. The van der Waals surface area contributed by atoms with Gasteiger partial charge >= 0.3 is 0 Å². The van der Waals surface area contributed by atoms with Crippen LogP contribution in [0.3, 0.4) is 0 Å². The van der Waals surface area contributed by atoms with E-state index in [0.717, 1.165) is 29.1 Å². The summed E-state index contributed by atoms with van der Waals surface area (Å²) >= 11 is 0. The Hall–Kier alpha value is -1.91. The number of hydrogen-bond donors (Lipinski definition) is 1. The summed E-state index contributed by atoms with van der Waals surface area (Å²) in [7, 11) is 1.92. The van der Waals surface area contributed by atoms with Crippen molar-refractivity contribution < 1.29 is 0 Å². The average molecular weight is 259 g/mol. The minimum absolute atomic E-state index is 0.517. The molecule has 2 aromatic rings. The minimum Gasteiger partial charge on any atom is -0.384 e. The first-order chi connectivity index (χ1) is 8.88. The van der Waals surface area contributed by atoms with Gasteiger partial charge in [-0.25, -0.2) is 9.97 Å². The third-order valence-corrected chi connectivity index (χ3v) is 3.15. The van der Waals surface area contributed by atoms with E-state index < -0.39 is 0 Å². The largest absolute Gasteiger partial charge is 0.384 e. The normalized spacial score (nSPS) is 11.3. The Labute approximate surface area is 113 Å². The lowest BCUT2D eigenvalue weighted by atomic mass is 10.1. The van der Waals surface area contributed by atoms with Gasteiger partial charge in [0.05, 0.1) is 11.3 Å². The molecule has 0 aliphatic heterocycles. The van der Waals surface area contributed by atoms with Crippen LogP contribution >= 0.6 is 0 Å². The Morgan fingerprint density at radius 1 is 1.26 bits per heavy atom. The van der Waals surface area contributed by atoms with E-state index in [2.05, 4.69) is 28.9 Å². The van der Waals surface area contributed by atoms with Crippen LogP contribution in [0.1, 0.15) is 30.9 Å². The van der Waals surface area contributed by atoms with E-state index in [1.807, 2.05) is 31.6 Å². The maximum absolute atomic E-state index is 5.90. The van der Waals surface area contributed by atoms with Crippen LogP contribution in [0.5, 0.6) is 0 Å². The van der Waals surface area contributed by atoms with E-state index >= 15 is 0 Å². The molecule has 5 heteroatoms. The first kappa shape index (κ1) is 13.5. The highest BCUT2D eigenvalue weighted by atomic mass is 15.3. The van der Waals surface area contributed by atoms with Gasteiger partial charge in [0, 0.05) is 24.5 Å². The summed E-state index contributed by atoms with van der Waals surface area (Å²) in [5, 5.41) is 4.40. The molecule has 0 unspecified atom stereocenters. The zero-order valence-electron chi connectivity index (χ0n) is 12.2. The van der Waals surface area contributed by atoms with Crippen LogP contribution in [0, 0.1) is 19.8 Å². The van der Waals surface area contributed by atoms with Crippen LogP contribution in [0.2, 0.25) is 0 Å². The van der Waals surface area contributed by atoms with E-state index in [-0.39, 0.29) is 0 Å². The Balaban J connectivity index is 2.53. The molecule has 2 rings (SSSR count). The number of aromatic nitrogens is 4. The number of aryl methyl sites for hydroxylation is 2. The van der Waals surface area contributed by atoms with Crippen LogP contribution in [0.4, 0.5) is 5.82 Å². The number of hydrogen-bond acceptors (Lipinski definition) is 4. The average Bonchev–Trinajstić information content (AvgIpc) is 2.51. The fourth-order valence-corrected chi connectivity index (χ4v) is 2.25. The minimum atomic E-state index is 0.517. The third kappa shape index (κ3) is 2.75. The maximum Gasteiger partial charge on any atom is 0.165 e. The zero-order valence-corrected chi connectivity index (χ0v) is 12.2. The molecule has 0 spiro atoms. The Bertz CT molecular complexity index is 598. The summed E-state index contributed by atoms with van der Waals surface area (Å²) in [6.07, 6.45) is 0.901. The predicted octanol–water partition coefficient (Wildman–Crippen LogP) is 2.27. The van der Waals surface area contributed by atoms with E-state index in [9.17, 15) is 0 Å². The SMILES string of the molecule is Cc1nn(C)c(C)c1-c1nc(N)cc(CC(C)C)n1. The van der Waals surface area contributed by atoms with Gasteiger partial charge in [-0.1, -0.05) is 13.8 Å². The first-order valence-corrected chi connectivity index (χ1v) is 6.52. The number of anilines is 1. The molecule has 0 atom stereocenters. The Morgan fingerprint density at radius 3 is 2.47 bits per heavy atom. The summed E-state index contributed by atoms with van der Waals surface area (Å²) < 4.78 is 1.85. The monoisotopic (exact) mass is 259 g/mol. The van der Waals surface area contributed by atoms with Crippen LogP contribution in [-0.2, 0) is 13.5 Å². The maximum atomic E-state index is 5.90. The molecule has 102 valence electrons. The van der Waals surface area contributed by atoms with Crippen molar-refractivity contribution >= 4 is 5.82 Å². The van der Waals surface area contributed by atoms with Gasteiger partial charge in [-0.2, -0.15) is 5.10 Å². The van der Waals surface area contributed by atoms with Gasteiger partial charge in [0.1, 0.15) is 5.82 Å². The van der Waals surface area contributed by atoms with Crippen molar-refractivity contribution in [1.29, 1.82) is 0 Å². The van der Waals surface area contributed by atoms with Crippen LogP contribution in [0.25, 0.3) is 11.4 Å². The van der Waals surface area contributed by atoms with Crippen molar-refractivity contribution in [3.8, 4) is 11.4 Å². The van der Waals surface area contributed by atoms with Gasteiger partial charge in [0.2, 0.25) is 0 Å². The Morgan fingerprint density at radius 2 is 1.95 bits per heavy atom. The molecule has 5 nitrogen and oxygen atoms in total. The third-order valence-electron chi connectivity index (χ3n) is 3.15. The van der Waals surface area contributed by atoms with Gasteiger partial charge < -0.3 is 5.73 Å². The van der Waals surface area contributed by atoms with Crippen LogP contribution in [-0.4, -0.2) is 19.7 Å². The van der Waals surface area contributed by atoms with E-state index in [0.29, 0.717) is 17.6 Å². The highest BCUT2D eigenvalue weighted by Gasteiger charge is 2.15. The summed E-state index contributed by atoms with van der Waals surface area (Å²) in [5.74, 6) is 1.74. The summed E-state index contributed by atoms with van der Waals surface area (Å²) in [4.78, 5) is 8.99. The van der Waals surface area contributed by atoms with Gasteiger partial charge in [-0.05, 0) is 26.2 Å². The highest BCUT2D eigenvalue weighted by molar-refractivity contribution is 5.62. The number of nitrogen functional groups attached to an aromatic ring is 1. The van der Waals surface area contributed by atoms with E-state index in [1.165, 1.54) is 0 Å². The molecule has 0 bridgehead atoms. The Kier molecular flexibility index (Phi) is 3.55. The van der Waals surface area contributed by atoms with Crippen LogP contribution in [0.15, 0.2) is 6.07 Å². The molecule has 0 aliphatic rings. The first-order valence-electron chi connectivity index (χ1n) is 6.52. The second-order valence-electron chi connectivity index (χ2n) is 5.38. The quantitative estimate of drug-likeness (QED) is 0.918. The lowest BCUT2D eigenvalue weighted by molar-refractivity contribution is 0.635. The lowest BCUT2D eigenvalue weighted by Gasteiger charge is -2.08. The van der Waals surface area contributed by atoms with E-state index in [4.69, 9.17) is 5.73 Å². The van der Waals surface area contributed by atoms with Crippen molar-refractivity contribution in [2.75, 3.05) is 5.73 Å². The van der Waals surface area contributed by atoms with Crippen LogP contribution < -0.4 is 5.73 Å². The molecule has 2 heterocycles. The lowest BCUT2D eigenvalue weighted by Crippen LogP contribution is -2.04. The zero-order chi connectivity index (χ0) is 14.2. The van der Waals surface area contributed by atoms with Crippen molar-refractivity contribution in [3.05, 3.63) is 23.1 Å². The van der Waals surface area contributed by atoms with Gasteiger partial charge in [-0.3, -0.25) is 4.68 Å². The van der Waals surface area contributed by atoms with E-state index in [1.54, 1.807) is 0 Å². The molecule has 19 heavy (non-hydrogen) atoms. The number of nitrogens with two attached hydrogens (primary N) is 1. The number of nitrogens with zero attached hydrogens (tertiary/aromatic N) is 4. The summed E-state index contributed by atoms with van der Waals surface area (Å²) in [6, 6.07) is 1.85. The van der Waals surface area contributed by atoms with Crippen molar-refractivity contribution in [2.45, 2.75) is 34.1 Å². The molecule has 0 saturated heterocycles. The predicted molar refractivity (Wildman–Crippen MR) is 76.7 cm³/mol.